The standard InChI is InChI=1S/C21H25N5O/c1-3-26-19-17(12-23-26)16(11-18(24-19)15-7-5-4-6-8-15)20(27)25-10-9-21(2,13-22)14-25/h4-8,11-12H,3,9-10,13-14,22H2,1-2H3. The minimum Gasteiger partial charge on any atom is -0.338 e. The summed E-state index contributed by atoms with van der Waals surface area (Å²) in [6.45, 7) is 6.89. The molecule has 3 heterocycles. The first-order valence-electron chi connectivity index (χ1n) is 9.46. The molecule has 0 bridgehead atoms. The molecule has 1 unspecified atom stereocenters. The molecule has 1 fully saturated rings. The van der Waals surface area contributed by atoms with Crippen molar-refractivity contribution >= 4 is 16.9 Å². The van der Waals surface area contributed by atoms with Crippen LogP contribution in [0.4, 0.5) is 0 Å². The Hall–Kier alpha value is -2.73. The van der Waals surface area contributed by atoms with Gasteiger partial charge in [-0.15, -0.1) is 0 Å². The molecule has 1 saturated heterocycles. The number of carbonyl (C=O) groups excluding carboxylic acids is 1. The molecule has 1 amide bonds. The van der Waals surface area contributed by atoms with Crippen LogP contribution in [0.3, 0.4) is 0 Å². The van der Waals surface area contributed by atoms with Gasteiger partial charge in [0.05, 0.1) is 22.8 Å². The van der Waals surface area contributed by atoms with Gasteiger partial charge in [-0.25, -0.2) is 9.67 Å². The number of nitrogens with two attached hydrogens (primary N) is 1. The number of carbonyl (C=O) groups is 1. The maximum Gasteiger partial charge on any atom is 0.254 e. The van der Waals surface area contributed by atoms with Gasteiger partial charge in [0, 0.05) is 25.2 Å². The Morgan fingerprint density at radius 1 is 1.30 bits per heavy atom. The van der Waals surface area contributed by atoms with Crippen molar-refractivity contribution in [3.8, 4) is 11.3 Å². The summed E-state index contributed by atoms with van der Waals surface area (Å²) in [5.41, 5.74) is 9.12. The van der Waals surface area contributed by atoms with E-state index in [4.69, 9.17) is 10.7 Å². The van der Waals surface area contributed by atoms with Gasteiger partial charge >= 0.3 is 0 Å². The first-order chi connectivity index (χ1) is 13.0. The van der Waals surface area contributed by atoms with Crippen molar-refractivity contribution in [1.82, 2.24) is 19.7 Å². The Balaban J connectivity index is 1.82. The number of fused-ring (bicyclic) bond motifs is 1. The number of pyridine rings is 1. The van der Waals surface area contributed by atoms with Gasteiger partial charge in [-0.3, -0.25) is 4.79 Å². The Labute approximate surface area is 159 Å². The van der Waals surface area contributed by atoms with Crippen LogP contribution in [0.2, 0.25) is 0 Å². The lowest BCUT2D eigenvalue weighted by molar-refractivity contribution is 0.0779. The number of nitrogens with zero attached hydrogens (tertiary/aromatic N) is 4. The molecule has 140 valence electrons. The summed E-state index contributed by atoms with van der Waals surface area (Å²) in [7, 11) is 0. The van der Waals surface area contributed by atoms with E-state index in [-0.39, 0.29) is 11.3 Å². The van der Waals surface area contributed by atoms with Gasteiger partial charge in [-0.2, -0.15) is 5.10 Å². The number of aromatic nitrogens is 3. The highest BCUT2D eigenvalue weighted by Gasteiger charge is 2.36. The lowest BCUT2D eigenvalue weighted by Crippen LogP contribution is -2.34. The normalized spacial score (nSPS) is 19.7. The highest BCUT2D eigenvalue weighted by atomic mass is 16.2. The summed E-state index contributed by atoms with van der Waals surface area (Å²) in [5.74, 6) is 0.0346. The van der Waals surface area contributed by atoms with Crippen molar-refractivity contribution in [3.05, 3.63) is 48.2 Å². The number of rotatable bonds is 4. The average molecular weight is 363 g/mol. The summed E-state index contributed by atoms with van der Waals surface area (Å²) in [5, 5.41) is 5.23. The highest BCUT2D eigenvalue weighted by molar-refractivity contribution is 6.06. The highest BCUT2D eigenvalue weighted by Crippen LogP contribution is 2.32. The van der Waals surface area contributed by atoms with Gasteiger partial charge in [0.25, 0.3) is 5.91 Å². The number of hydrogen-bond acceptors (Lipinski definition) is 4. The molecule has 0 spiro atoms. The number of likely N-dealkylation sites (tertiary alicyclic amines) is 1. The molecule has 27 heavy (non-hydrogen) atoms. The Morgan fingerprint density at radius 2 is 2.07 bits per heavy atom. The SMILES string of the molecule is CCn1ncc2c(C(=O)N3CCC(C)(CN)C3)cc(-c3ccccc3)nc21. The first kappa shape index (κ1) is 17.7. The molecule has 3 aromatic rings. The van der Waals surface area contributed by atoms with E-state index < -0.39 is 0 Å². The van der Waals surface area contributed by atoms with Crippen LogP contribution >= 0.6 is 0 Å². The fourth-order valence-electron chi connectivity index (χ4n) is 3.75. The quantitative estimate of drug-likeness (QED) is 0.773. The second kappa shape index (κ2) is 6.78. The van der Waals surface area contributed by atoms with E-state index in [9.17, 15) is 4.79 Å². The predicted molar refractivity (Wildman–Crippen MR) is 106 cm³/mol. The van der Waals surface area contributed by atoms with E-state index in [0.717, 1.165) is 35.3 Å². The minimum atomic E-state index is -0.00232. The monoisotopic (exact) mass is 363 g/mol. The molecule has 0 radical (unpaired) electrons. The van der Waals surface area contributed by atoms with Gasteiger partial charge in [0.15, 0.2) is 5.65 Å². The van der Waals surface area contributed by atoms with Gasteiger partial charge < -0.3 is 10.6 Å². The molecule has 1 aliphatic rings. The van der Waals surface area contributed by atoms with E-state index >= 15 is 0 Å². The third-order valence-corrected chi connectivity index (χ3v) is 5.55. The van der Waals surface area contributed by atoms with Crippen LogP contribution in [0.15, 0.2) is 42.6 Å². The van der Waals surface area contributed by atoms with Crippen LogP contribution in [0.5, 0.6) is 0 Å². The molecule has 1 aromatic carbocycles. The van der Waals surface area contributed by atoms with E-state index in [1.165, 1.54) is 0 Å². The summed E-state index contributed by atoms with van der Waals surface area (Å²) in [4.78, 5) is 20.1. The van der Waals surface area contributed by atoms with Gasteiger partial charge in [0.2, 0.25) is 0 Å². The number of hydrogen-bond donors (Lipinski definition) is 1. The Kier molecular flexibility index (Phi) is 4.44. The minimum absolute atomic E-state index is 0.00232. The van der Waals surface area contributed by atoms with Crippen LogP contribution < -0.4 is 5.73 Å². The average Bonchev–Trinajstić information content (AvgIpc) is 3.31. The summed E-state index contributed by atoms with van der Waals surface area (Å²) in [6.07, 6.45) is 2.69. The maximum atomic E-state index is 13.4. The van der Waals surface area contributed by atoms with Crippen molar-refractivity contribution in [2.75, 3.05) is 19.6 Å². The fraction of sp³-hybridized carbons (Fsp3) is 0.381. The van der Waals surface area contributed by atoms with Crippen LogP contribution in [0.1, 0.15) is 30.6 Å². The summed E-state index contributed by atoms with van der Waals surface area (Å²) < 4.78 is 1.84. The lowest BCUT2D eigenvalue weighted by Gasteiger charge is -2.23. The van der Waals surface area contributed by atoms with E-state index in [0.29, 0.717) is 25.2 Å². The molecule has 0 aliphatic carbocycles. The van der Waals surface area contributed by atoms with E-state index in [2.05, 4.69) is 12.0 Å². The molecule has 4 rings (SSSR count). The van der Waals surface area contributed by atoms with Gasteiger partial charge in [0.1, 0.15) is 0 Å². The van der Waals surface area contributed by atoms with Crippen LogP contribution in [0.25, 0.3) is 22.3 Å². The van der Waals surface area contributed by atoms with Crippen molar-refractivity contribution < 1.29 is 4.79 Å². The molecule has 6 nitrogen and oxygen atoms in total. The third kappa shape index (κ3) is 3.10. The molecular formula is C21H25N5O. The zero-order valence-electron chi connectivity index (χ0n) is 15.9. The molecular weight excluding hydrogens is 338 g/mol. The topological polar surface area (TPSA) is 77.0 Å². The second-order valence-corrected chi connectivity index (χ2v) is 7.61. The van der Waals surface area contributed by atoms with Crippen molar-refractivity contribution in [2.45, 2.75) is 26.8 Å². The third-order valence-electron chi connectivity index (χ3n) is 5.55. The largest absolute Gasteiger partial charge is 0.338 e. The summed E-state index contributed by atoms with van der Waals surface area (Å²) >= 11 is 0. The van der Waals surface area contributed by atoms with Crippen LogP contribution in [-0.4, -0.2) is 45.2 Å². The van der Waals surface area contributed by atoms with E-state index in [1.54, 1.807) is 6.20 Å². The molecule has 1 aliphatic heterocycles. The Bertz CT molecular complexity index is 981. The molecule has 0 saturated carbocycles. The van der Waals surface area contributed by atoms with Crippen LogP contribution in [0, 0.1) is 5.41 Å². The van der Waals surface area contributed by atoms with Crippen molar-refractivity contribution in [1.29, 1.82) is 0 Å². The molecule has 2 aromatic heterocycles. The molecule has 1 atom stereocenters. The molecule has 2 N–H and O–H groups in total. The zero-order valence-corrected chi connectivity index (χ0v) is 15.9. The number of benzene rings is 1. The zero-order chi connectivity index (χ0) is 19.0. The predicted octanol–water partition coefficient (Wildman–Crippen LogP) is 2.93. The second-order valence-electron chi connectivity index (χ2n) is 7.61. The lowest BCUT2D eigenvalue weighted by atomic mass is 9.90. The summed E-state index contributed by atoms with van der Waals surface area (Å²) in [6, 6.07) is 11.9. The first-order valence-corrected chi connectivity index (χ1v) is 9.46. The fourth-order valence-corrected chi connectivity index (χ4v) is 3.75. The van der Waals surface area contributed by atoms with Crippen molar-refractivity contribution in [2.24, 2.45) is 11.1 Å². The van der Waals surface area contributed by atoms with E-state index in [1.807, 2.05) is 52.9 Å². The van der Waals surface area contributed by atoms with Gasteiger partial charge in [-0.1, -0.05) is 37.3 Å². The van der Waals surface area contributed by atoms with Gasteiger partial charge in [-0.05, 0) is 31.4 Å². The molecule has 6 heteroatoms. The number of amides is 1. The maximum absolute atomic E-state index is 13.4. The Morgan fingerprint density at radius 3 is 2.74 bits per heavy atom. The number of aryl methyl sites for hydroxylation is 1. The van der Waals surface area contributed by atoms with Crippen molar-refractivity contribution in [3.63, 3.8) is 0 Å². The van der Waals surface area contributed by atoms with Crippen LogP contribution in [-0.2, 0) is 6.54 Å². The smallest absolute Gasteiger partial charge is 0.254 e.